The first-order valence-electron chi connectivity index (χ1n) is 10.0. The fourth-order valence-electron chi connectivity index (χ4n) is 3.85. The van der Waals surface area contributed by atoms with Gasteiger partial charge in [0.1, 0.15) is 0 Å². The molecule has 0 bridgehead atoms. The zero-order valence-corrected chi connectivity index (χ0v) is 16.6. The molecule has 154 valence electrons. The molecule has 2 aliphatic rings. The van der Waals surface area contributed by atoms with E-state index in [1.165, 1.54) is 18.1 Å². The smallest absolute Gasteiger partial charge is 0.308 e. The first-order valence-corrected chi connectivity index (χ1v) is 10.0. The van der Waals surface area contributed by atoms with E-state index < -0.39 is 29.8 Å². The van der Waals surface area contributed by atoms with Crippen LogP contribution in [-0.2, 0) is 27.2 Å². The number of anilines is 1. The van der Waals surface area contributed by atoms with Gasteiger partial charge in [-0.2, -0.15) is 0 Å². The SMILES string of the molecule is C[C@H](OC(=O)CCN1C(=O)c2ccccc2C1=O)C(=O)Nc1ccc2c(c1)CCC2. The molecule has 0 aromatic heterocycles. The Balaban J connectivity index is 1.28. The van der Waals surface area contributed by atoms with Gasteiger partial charge in [0.25, 0.3) is 17.7 Å². The second-order valence-corrected chi connectivity index (χ2v) is 7.52. The van der Waals surface area contributed by atoms with E-state index in [1.54, 1.807) is 24.3 Å². The monoisotopic (exact) mass is 406 g/mol. The summed E-state index contributed by atoms with van der Waals surface area (Å²) >= 11 is 0. The molecule has 0 saturated carbocycles. The van der Waals surface area contributed by atoms with Crippen LogP contribution in [0.4, 0.5) is 5.69 Å². The highest BCUT2D eigenvalue weighted by Crippen LogP contribution is 2.25. The third kappa shape index (κ3) is 3.83. The Hall–Kier alpha value is -3.48. The maximum Gasteiger partial charge on any atom is 0.308 e. The van der Waals surface area contributed by atoms with Crippen molar-refractivity contribution in [2.75, 3.05) is 11.9 Å². The number of amides is 3. The highest BCUT2D eigenvalue weighted by atomic mass is 16.5. The number of nitrogens with one attached hydrogen (secondary N) is 1. The molecule has 0 radical (unpaired) electrons. The lowest BCUT2D eigenvalue weighted by atomic mass is 10.1. The Morgan fingerprint density at radius 3 is 2.40 bits per heavy atom. The summed E-state index contributed by atoms with van der Waals surface area (Å²) in [5.41, 5.74) is 3.88. The topological polar surface area (TPSA) is 92.8 Å². The minimum Gasteiger partial charge on any atom is -0.452 e. The first kappa shape index (κ1) is 19.8. The Morgan fingerprint density at radius 2 is 1.70 bits per heavy atom. The van der Waals surface area contributed by atoms with Gasteiger partial charge in [0.2, 0.25) is 0 Å². The molecule has 0 saturated heterocycles. The number of rotatable bonds is 6. The molecule has 1 heterocycles. The minimum absolute atomic E-state index is 0.0929. The molecule has 7 heteroatoms. The molecule has 0 unspecified atom stereocenters. The number of aryl methyl sites for hydroxylation is 2. The number of carbonyl (C=O) groups excluding carboxylic acids is 4. The van der Waals surface area contributed by atoms with Gasteiger partial charge in [-0.05, 0) is 61.6 Å². The van der Waals surface area contributed by atoms with Crippen LogP contribution in [0.1, 0.15) is 51.6 Å². The van der Waals surface area contributed by atoms with Crippen LogP contribution < -0.4 is 5.32 Å². The Bertz CT molecular complexity index is 1010. The van der Waals surface area contributed by atoms with Gasteiger partial charge in [0, 0.05) is 12.2 Å². The Kier molecular flexibility index (Phi) is 5.35. The summed E-state index contributed by atoms with van der Waals surface area (Å²) in [4.78, 5) is 50.2. The number of carbonyl (C=O) groups is 4. The zero-order chi connectivity index (χ0) is 21.3. The average molecular weight is 406 g/mol. The van der Waals surface area contributed by atoms with Gasteiger partial charge in [0.15, 0.2) is 6.10 Å². The van der Waals surface area contributed by atoms with Crippen LogP contribution in [0.15, 0.2) is 42.5 Å². The molecule has 1 aliphatic heterocycles. The highest BCUT2D eigenvalue weighted by Gasteiger charge is 2.35. The maximum absolute atomic E-state index is 12.4. The van der Waals surface area contributed by atoms with Gasteiger partial charge >= 0.3 is 5.97 Å². The van der Waals surface area contributed by atoms with Crippen LogP contribution in [0.2, 0.25) is 0 Å². The highest BCUT2D eigenvalue weighted by molar-refractivity contribution is 6.21. The number of hydrogen-bond donors (Lipinski definition) is 1. The molecule has 4 rings (SSSR count). The molecule has 1 atom stereocenters. The molecule has 1 N–H and O–H groups in total. The third-order valence-electron chi connectivity index (χ3n) is 5.46. The number of imide groups is 1. The number of fused-ring (bicyclic) bond motifs is 2. The predicted molar refractivity (Wildman–Crippen MR) is 109 cm³/mol. The van der Waals surface area contributed by atoms with Crippen molar-refractivity contribution < 1.29 is 23.9 Å². The second-order valence-electron chi connectivity index (χ2n) is 7.52. The van der Waals surface area contributed by atoms with Crippen molar-refractivity contribution in [2.45, 2.75) is 38.7 Å². The van der Waals surface area contributed by atoms with E-state index in [-0.39, 0.29) is 13.0 Å². The van der Waals surface area contributed by atoms with E-state index in [9.17, 15) is 19.2 Å². The van der Waals surface area contributed by atoms with Gasteiger partial charge in [0.05, 0.1) is 17.5 Å². The van der Waals surface area contributed by atoms with Crippen LogP contribution in [0, 0.1) is 0 Å². The average Bonchev–Trinajstić information content (AvgIpc) is 3.29. The summed E-state index contributed by atoms with van der Waals surface area (Å²) in [6.07, 6.45) is 2.01. The number of esters is 1. The lowest BCUT2D eigenvalue weighted by molar-refractivity contribution is -0.153. The molecule has 1 aliphatic carbocycles. The van der Waals surface area contributed by atoms with Crippen molar-refractivity contribution in [3.05, 3.63) is 64.7 Å². The van der Waals surface area contributed by atoms with Gasteiger partial charge in [-0.1, -0.05) is 18.2 Å². The molecular formula is C23H22N2O5. The van der Waals surface area contributed by atoms with Crippen LogP contribution in [0.5, 0.6) is 0 Å². The van der Waals surface area contributed by atoms with Gasteiger partial charge in [-0.15, -0.1) is 0 Å². The normalized spacial score (nSPS) is 15.6. The molecule has 7 nitrogen and oxygen atoms in total. The Morgan fingerprint density at radius 1 is 1.03 bits per heavy atom. The minimum atomic E-state index is -0.993. The molecule has 2 aromatic carbocycles. The summed E-state index contributed by atoms with van der Waals surface area (Å²) < 4.78 is 5.18. The van der Waals surface area contributed by atoms with Crippen molar-refractivity contribution in [3.63, 3.8) is 0 Å². The number of benzene rings is 2. The fourth-order valence-corrected chi connectivity index (χ4v) is 3.85. The largest absolute Gasteiger partial charge is 0.452 e. The molecule has 3 amide bonds. The number of hydrogen-bond acceptors (Lipinski definition) is 5. The summed E-state index contributed by atoms with van der Waals surface area (Å²) in [5.74, 6) is -1.93. The molecule has 0 spiro atoms. The fraction of sp³-hybridized carbons (Fsp3) is 0.304. The summed E-state index contributed by atoms with van der Waals surface area (Å²) in [6.45, 7) is 1.40. The van der Waals surface area contributed by atoms with Gasteiger partial charge in [-0.3, -0.25) is 24.1 Å². The van der Waals surface area contributed by atoms with Crippen LogP contribution >= 0.6 is 0 Å². The summed E-state index contributed by atoms with van der Waals surface area (Å²) in [6, 6.07) is 12.3. The van der Waals surface area contributed by atoms with Crippen molar-refractivity contribution in [3.8, 4) is 0 Å². The van der Waals surface area contributed by atoms with E-state index in [0.29, 0.717) is 16.8 Å². The first-order chi connectivity index (χ1) is 14.4. The van der Waals surface area contributed by atoms with E-state index in [0.717, 1.165) is 24.2 Å². The van der Waals surface area contributed by atoms with Crippen molar-refractivity contribution in [1.82, 2.24) is 4.90 Å². The van der Waals surface area contributed by atoms with E-state index in [4.69, 9.17) is 4.74 Å². The van der Waals surface area contributed by atoms with Gasteiger partial charge < -0.3 is 10.1 Å². The van der Waals surface area contributed by atoms with Crippen LogP contribution in [0.25, 0.3) is 0 Å². The third-order valence-corrected chi connectivity index (χ3v) is 5.46. The summed E-state index contributed by atoms with van der Waals surface area (Å²) in [7, 11) is 0. The predicted octanol–water partition coefficient (Wildman–Crippen LogP) is 2.73. The molecule has 0 fully saturated rings. The zero-order valence-electron chi connectivity index (χ0n) is 16.6. The molecule has 2 aromatic rings. The van der Waals surface area contributed by atoms with Gasteiger partial charge in [-0.25, -0.2) is 0 Å². The van der Waals surface area contributed by atoms with Crippen LogP contribution in [-0.4, -0.2) is 41.2 Å². The number of ether oxygens (including phenoxy) is 1. The van der Waals surface area contributed by atoms with Crippen LogP contribution in [0.3, 0.4) is 0 Å². The van der Waals surface area contributed by atoms with Crippen molar-refractivity contribution >= 4 is 29.4 Å². The quantitative estimate of drug-likeness (QED) is 0.588. The standard InChI is InChI=1S/C23H22N2O5/c1-14(21(27)24-17-10-9-15-5-4-6-16(15)13-17)30-20(26)11-12-25-22(28)18-7-2-3-8-19(18)23(25)29/h2-3,7-10,13-14H,4-6,11-12H2,1H3,(H,24,27)/t14-/m0/s1. The van der Waals surface area contributed by atoms with Crippen molar-refractivity contribution in [1.29, 1.82) is 0 Å². The lowest BCUT2D eigenvalue weighted by Crippen LogP contribution is -2.34. The molecule has 30 heavy (non-hydrogen) atoms. The van der Waals surface area contributed by atoms with E-state index in [2.05, 4.69) is 5.32 Å². The van der Waals surface area contributed by atoms with E-state index in [1.807, 2.05) is 18.2 Å². The lowest BCUT2D eigenvalue weighted by Gasteiger charge is -2.16. The maximum atomic E-state index is 12.4. The Labute approximate surface area is 174 Å². The summed E-state index contributed by atoms with van der Waals surface area (Å²) in [5, 5.41) is 2.77. The second kappa shape index (κ2) is 8.10. The van der Waals surface area contributed by atoms with E-state index >= 15 is 0 Å². The number of nitrogens with zero attached hydrogens (tertiary/aromatic N) is 1. The molecular weight excluding hydrogens is 384 g/mol. The van der Waals surface area contributed by atoms with Crippen molar-refractivity contribution in [2.24, 2.45) is 0 Å².